The minimum Gasteiger partial charge on any atom is -0.351 e. The summed E-state index contributed by atoms with van der Waals surface area (Å²) in [6, 6.07) is 24.2. The lowest BCUT2D eigenvalue weighted by atomic mass is 10.0. The molecule has 0 bridgehead atoms. The van der Waals surface area contributed by atoms with Gasteiger partial charge < -0.3 is 11.2 Å². The number of nitrogen functional groups attached to an aromatic ring is 1. The van der Waals surface area contributed by atoms with Crippen molar-refractivity contribution in [2.24, 2.45) is 0 Å². The van der Waals surface area contributed by atoms with E-state index in [2.05, 4.69) is 39.8 Å². The number of hydrogen-bond donors (Lipinski definition) is 2. The van der Waals surface area contributed by atoms with Crippen LogP contribution in [0.2, 0.25) is 0 Å². The van der Waals surface area contributed by atoms with E-state index in [1.165, 1.54) is 27.2 Å². The molecule has 0 aliphatic rings. The summed E-state index contributed by atoms with van der Waals surface area (Å²) >= 11 is 1.30. The topological polar surface area (TPSA) is 85.8 Å². The number of nitrogens with two attached hydrogens (primary N) is 1. The Morgan fingerprint density at radius 2 is 1.77 bits per heavy atom. The first-order valence-electron chi connectivity index (χ1n) is 9.76. The quantitative estimate of drug-likeness (QED) is 0.355. The van der Waals surface area contributed by atoms with E-state index < -0.39 is 0 Å². The molecule has 3 aromatic carbocycles. The van der Waals surface area contributed by atoms with Gasteiger partial charge in [-0.1, -0.05) is 84.6 Å². The molecule has 1 amide bonds. The van der Waals surface area contributed by atoms with Crippen LogP contribution in [0.5, 0.6) is 0 Å². The molecule has 4 rings (SSSR count). The van der Waals surface area contributed by atoms with Gasteiger partial charge in [-0.15, -0.1) is 10.2 Å². The summed E-state index contributed by atoms with van der Waals surface area (Å²) in [7, 11) is 0. The summed E-state index contributed by atoms with van der Waals surface area (Å²) in [6.07, 6.45) is 0.569. The third kappa shape index (κ3) is 4.46. The standard InChI is InChI=1S/C23H23N5OS/c1-16(22(29)25-15-17-8-3-2-4-9-17)30-23-27-26-21(28(23)24)14-19-12-7-11-18-10-5-6-13-20(18)19/h2-13,16H,14-15,24H2,1H3,(H,25,29)/t16-/m0/s1. The van der Waals surface area contributed by atoms with Crippen molar-refractivity contribution in [2.45, 2.75) is 30.3 Å². The fourth-order valence-corrected chi connectivity index (χ4v) is 4.08. The molecule has 0 saturated carbocycles. The van der Waals surface area contributed by atoms with E-state index in [9.17, 15) is 4.79 Å². The van der Waals surface area contributed by atoms with Crippen LogP contribution in [0.4, 0.5) is 0 Å². The molecule has 1 aromatic heterocycles. The first-order valence-corrected chi connectivity index (χ1v) is 10.6. The van der Waals surface area contributed by atoms with Gasteiger partial charge in [0.25, 0.3) is 0 Å². The van der Waals surface area contributed by atoms with Gasteiger partial charge in [0.05, 0.1) is 5.25 Å². The number of nitrogens with one attached hydrogen (secondary N) is 1. The number of benzene rings is 3. The van der Waals surface area contributed by atoms with Crippen molar-refractivity contribution < 1.29 is 4.79 Å². The SMILES string of the molecule is C[C@H](Sc1nnc(Cc2cccc3ccccc23)n1N)C(=O)NCc1ccccc1. The molecule has 0 spiro atoms. The summed E-state index contributed by atoms with van der Waals surface area (Å²) in [6.45, 7) is 2.33. The smallest absolute Gasteiger partial charge is 0.233 e. The highest BCUT2D eigenvalue weighted by molar-refractivity contribution is 8.00. The van der Waals surface area contributed by atoms with Gasteiger partial charge in [-0.25, -0.2) is 4.68 Å². The maximum absolute atomic E-state index is 12.4. The highest BCUT2D eigenvalue weighted by Crippen LogP contribution is 2.24. The van der Waals surface area contributed by atoms with Crippen molar-refractivity contribution in [1.29, 1.82) is 0 Å². The van der Waals surface area contributed by atoms with Crippen molar-refractivity contribution in [3.8, 4) is 0 Å². The normalized spacial score (nSPS) is 12.0. The minimum absolute atomic E-state index is 0.0672. The number of aromatic nitrogens is 3. The summed E-state index contributed by atoms with van der Waals surface area (Å²) in [5, 5.41) is 13.9. The number of fused-ring (bicyclic) bond motifs is 1. The van der Waals surface area contributed by atoms with Gasteiger partial charge in [0.15, 0.2) is 5.82 Å². The second kappa shape index (κ2) is 9.00. The number of amides is 1. The summed E-state index contributed by atoms with van der Waals surface area (Å²) < 4.78 is 1.48. The molecule has 0 unspecified atom stereocenters. The van der Waals surface area contributed by atoms with Crippen LogP contribution in [0.3, 0.4) is 0 Å². The molecule has 4 aromatic rings. The Kier molecular flexibility index (Phi) is 5.99. The lowest BCUT2D eigenvalue weighted by Crippen LogP contribution is -2.30. The first kappa shape index (κ1) is 20.0. The Morgan fingerprint density at radius 3 is 2.60 bits per heavy atom. The molecule has 1 atom stereocenters. The number of carbonyl (C=O) groups excluding carboxylic acids is 1. The van der Waals surface area contributed by atoms with Crippen molar-refractivity contribution in [3.05, 3.63) is 89.7 Å². The molecule has 1 heterocycles. The molecule has 0 fully saturated rings. The fourth-order valence-electron chi connectivity index (χ4n) is 3.27. The van der Waals surface area contributed by atoms with Crippen molar-refractivity contribution in [3.63, 3.8) is 0 Å². The number of nitrogens with zero attached hydrogens (tertiary/aromatic N) is 3. The van der Waals surface area contributed by atoms with Crippen LogP contribution in [-0.4, -0.2) is 26.0 Å². The Bertz CT molecular complexity index is 1150. The second-order valence-electron chi connectivity index (χ2n) is 7.05. The minimum atomic E-state index is -0.342. The van der Waals surface area contributed by atoms with Gasteiger partial charge in [-0.2, -0.15) is 0 Å². The molecule has 0 aliphatic heterocycles. The van der Waals surface area contributed by atoms with Crippen LogP contribution in [0.1, 0.15) is 23.9 Å². The van der Waals surface area contributed by atoms with Crippen LogP contribution in [-0.2, 0) is 17.8 Å². The third-order valence-electron chi connectivity index (χ3n) is 4.92. The number of carbonyl (C=O) groups is 1. The highest BCUT2D eigenvalue weighted by Gasteiger charge is 2.19. The van der Waals surface area contributed by atoms with E-state index in [1.807, 2.05) is 55.5 Å². The molecular formula is C23H23N5OS. The lowest BCUT2D eigenvalue weighted by Gasteiger charge is -2.12. The van der Waals surface area contributed by atoms with Gasteiger partial charge in [0, 0.05) is 13.0 Å². The Morgan fingerprint density at radius 1 is 1.03 bits per heavy atom. The largest absolute Gasteiger partial charge is 0.351 e. The van der Waals surface area contributed by atoms with Gasteiger partial charge >= 0.3 is 0 Å². The zero-order chi connectivity index (χ0) is 20.9. The Hall–Kier alpha value is -3.32. The Balaban J connectivity index is 1.42. The van der Waals surface area contributed by atoms with E-state index in [0.717, 1.165) is 11.1 Å². The van der Waals surface area contributed by atoms with E-state index in [0.29, 0.717) is 23.9 Å². The van der Waals surface area contributed by atoms with E-state index in [1.54, 1.807) is 0 Å². The predicted molar refractivity (Wildman–Crippen MR) is 121 cm³/mol. The average Bonchev–Trinajstić information content (AvgIpc) is 3.12. The monoisotopic (exact) mass is 417 g/mol. The second-order valence-corrected chi connectivity index (χ2v) is 8.36. The van der Waals surface area contributed by atoms with E-state index in [-0.39, 0.29) is 11.2 Å². The number of rotatable bonds is 7. The molecule has 0 aliphatic carbocycles. The van der Waals surface area contributed by atoms with E-state index in [4.69, 9.17) is 5.84 Å². The maximum atomic E-state index is 12.4. The molecule has 6 nitrogen and oxygen atoms in total. The zero-order valence-corrected chi connectivity index (χ0v) is 17.5. The van der Waals surface area contributed by atoms with E-state index >= 15 is 0 Å². The van der Waals surface area contributed by atoms with Crippen LogP contribution >= 0.6 is 11.8 Å². The fraction of sp³-hybridized carbons (Fsp3) is 0.174. The summed E-state index contributed by atoms with van der Waals surface area (Å²) in [5.74, 6) is 6.84. The molecule has 0 saturated heterocycles. The molecule has 152 valence electrons. The van der Waals surface area contributed by atoms with Crippen molar-refractivity contribution in [2.75, 3.05) is 5.84 Å². The highest BCUT2D eigenvalue weighted by atomic mass is 32.2. The molecular weight excluding hydrogens is 394 g/mol. The number of thioether (sulfide) groups is 1. The van der Waals surface area contributed by atoms with Crippen LogP contribution in [0.15, 0.2) is 78.0 Å². The summed E-state index contributed by atoms with van der Waals surface area (Å²) in [4.78, 5) is 12.4. The van der Waals surface area contributed by atoms with Gasteiger partial charge in [0.1, 0.15) is 0 Å². The van der Waals surface area contributed by atoms with Crippen molar-refractivity contribution in [1.82, 2.24) is 20.2 Å². The number of hydrogen-bond acceptors (Lipinski definition) is 5. The van der Waals surface area contributed by atoms with Crippen molar-refractivity contribution >= 4 is 28.4 Å². The average molecular weight is 418 g/mol. The van der Waals surface area contributed by atoms with Gasteiger partial charge in [-0.3, -0.25) is 4.79 Å². The lowest BCUT2D eigenvalue weighted by molar-refractivity contribution is -0.120. The third-order valence-corrected chi connectivity index (χ3v) is 5.98. The predicted octanol–water partition coefficient (Wildman–Crippen LogP) is 3.53. The summed E-state index contributed by atoms with van der Waals surface area (Å²) in [5.41, 5.74) is 2.19. The molecule has 0 radical (unpaired) electrons. The first-order chi connectivity index (χ1) is 14.6. The van der Waals surface area contributed by atoms with Crippen LogP contribution in [0, 0.1) is 0 Å². The molecule has 3 N–H and O–H groups in total. The van der Waals surface area contributed by atoms with Gasteiger partial charge in [-0.05, 0) is 28.8 Å². The molecule has 30 heavy (non-hydrogen) atoms. The van der Waals surface area contributed by atoms with Gasteiger partial charge in [0.2, 0.25) is 11.1 Å². The van der Waals surface area contributed by atoms with Crippen LogP contribution < -0.4 is 11.2 Å². The molecule has 7 heteroatoms. The Labute approximate surface area is 179 Å². The van der Waals surface area contributed by atoms with Crippen LogP contribution in [0.25, 0.3) is 10.8 Å². The maximum Gasteiger partial charge on any atom is 0.233 e. The zero-order valence-electron chi connectivity index (χ0n) is 16.7.